The van der Waals surface area contributed by atoms with Gasteiger partial charge in [0.05, 0.1) is 50.0 Å². The third kappa shape index (κ3) is 8.01. The molecular formula is C43H57N7O6S. The van der Waals surface area contributed by atoms with Crippen molar-refractivity contribution in [3.8, 4) is 17.0 Å². The van der Waals surface area contributed by atoms with E-state index in [1.807, 2.05) is 43.1 Å². The van der Waals surface area contributed by atoms with Crippen molar-refractivity contribution in [1.82, 2.24) is 33.6 Å². The van der Waals surface area contributed by atoms with Crippen LogP contribution in [0.15, 0.2) is 42.6 Å². The van der Waals surface area contributed by atoms with Gasteiger partial charge in [0.15, 0.2) is 0 Å². The number of rotatable bonds is 13. The summed E-state index contributed by atoms with van der Waals surface area (Å²) in [4.78, 5) is 30.3. The van der Waals surface area contributed by atoms with E-state index in [4.69, 9.17) is 9.47 Å². The molecule has 0 spiro atoms. The SMILES string of the molecule is CCNC[C@H](C)[C@H](C)N(CC)C(=O)c1cnn(C)c1C1=Cc2cc(OC)ccc2-c2c(C3CCCCC3)c3ccc(C(=O)NS(=O)(=O)N4CCOCC4)cc3n2C1. The van der Waals surface area contributed by atoms with Crippen LogP contribution in [0.5, 0.6) is 5.75 Å². The molecule has 13 nitrogen and oxygen atoms in total. The molecule has 7 rings (SSSR count). The number of methoxy groups -OCH3 is 1. The summed E-state index contributed by atoms with van der Waals surface area (Å²) in [5, 5.41) is 9.14. The fourth-order valence-electron chi connectivity index (χ4n) is 8.95. The maximum absolute atomic E-state index is 14.6. The van der Waals surface area contributed by atoms with Gasteiger partial charge >= 0.3 is 10.2 Å². The minimum Gasteiger partial charge on any atom is -0.497 e. The van der Waals surface area contributed by atoms with Crippen LogP contribution in [-0.2, 0) is 28.5 Å². The summed E-state index contributed by atoms with van der Waals surface area (Å²) in [6, 6.07) is 11.7. The molecule has 2 atom stereocenters. The number of nitrogens with zero attached hydrogens (tertiary/aromatic N) is 5. The van der Waals surface area contributed by atoms with E-state index in [0.29, 0.717) is 24.6 Å². The van der Waals surface area contributed by atoms with E-state index < -0.39 is 16.1 Å². The number of aromatic nitrogens is 3. The van der Waals surface area contributed by atoms with Gasteiger partial charge in [-0.3, -0.25) is 14.3 Å². The molecule has 4 aromatic rings. The number of hydrogen-bond donors (Lipinski definition) is 2. The zero-order valence-corrected chi connectivity index (χ0v) is 35.0. The highest BCUT2D eigenvalue weighted by Crippen LogP contribution is 2.48. The molecule has 0 unspecified atom stereocenters. The van der Waals surface area contributed by atoms with Gasteiger partial charge in [-0.15, -0.1) is 0 Å². The minimum absolute atomic E-state index is 0.0163. The lowest BCUT2D eigenvalue weighted by atomic mass is 9.81. The number of amides is 2. The Hall–Kier alpha value is -4.50. The highest BCUT2D eigenvalue weighted by atomic mass is 32.2. The second-order valence-corrected chi connectivity index (χ2v) is 17.3. The molecule has 57 heavy (non-hydrogen) atoms. The molecule has 3 aliphatic rings. The third-order valence-electron chi connectivity index (χ3n) is 12.2. The molecule has 1 saturated carbocycles. The van der Waals surface area contributed by atoms with Crippen LogP contribution in [-0.4, -0.2) is 103 Å². The zero-order valence-electron chi connectivity index (χ0n) is 34.1. The molecule has 0 bridgehead atoms. The Balaban J connectivity index is 1.38. The molecule has 2 N–H and O–H groups in total. The van der Waals surface area contributed by atoms with Gasteiger partial charge in [-0.05, 0) is 105 Å². The van der Waals surface area contributed by atoms with E-state index in [-0.39, 0.29) is 49.7 Å². The van der Waals surface area contributed by atoms with E-state index >= 15 is 0 Å². The summed E-state index contributed by atoms with van der Waals surface area (Å²) in [5.74, 6) is 0.480. The Labute approximate surface area is 336 Å². The molecular weight excluding hydrogens is 743 g/mol. The van der Waals surface area contributed by atoms with E-state index in [9.17, 15) is 18.0 Å². The number of carbonyl (C=O) groups is 2. The van der Waals surface area contributed by atoms with Crippen molar-refractivity contribution in [2.45, 2.75) is 78.3 Å². The summed E-state index contributed by atoms with van der Waals surface area (Å²) in [5.41, 5.74) is 7.49. The maximum atomic E-state index is 14.6. The number of carbonyl (C=O) groups excluding carboxylic acids is 2. The second-order valence-electron chi connectivity index (χ2n) is 15.6. The molecule has 1 aliphatic carbocycles. The number of nitrogens with one attached hydrogen (secondary N) is 2. The van der Waals surface area contributed by atoms with E-state index in [2.05, 4.69) is 52.6 Å². The molecule has 4 heterocycles. The van der Waals surface area contributed by atoms with Crippen molar-refractivity contribution in [1.29, 1.82) is 0 Å². The first-order valence-corrected chi connectivity index (χ1v) is 21.9. The molecule has 306 valence electrons. The third-order valence-corrected chi connectivity index (χ3v) is 13.7. The highest BCUT2D eigenvalue weighted by molar-refractivity contribution is 7.87. The first kappa shape index (κ1) is 40.7. The van der Waals surface area contributed by atoms with Crippen molar-refractivity contribution < 1.29 is 27.5 Å². The molecule has 0 radical (unpaired) electrons. The summed E-state index contributed by atoms with van der Waals surface area (Å²) in [6.45, 7) is 11.9. The molecule has 2 aliphatic heterocycles. The second kappa shape index (κ2) is 17.2. The molecule has 2 aromatic carbocycles. The van der Waals surface area contributed by atoms with Gasteiger partial charge in [-0.2, -0.15) is 17.8 Å². The zero-order chi connectivity index (χ0) is 40.4. The summed E-state index contributed by atoms with van der Waals surface area (Å²) >= 11 is 0. The lowest BCUT2D eigenvalue weighted by Crippen LogP contribution is -2.48. The number of benzene rings is 2. The topological polar surface area (TPSA) is 140 Å². The quantitative estimate of drug-likeness (QED) is 0.167. The largest absolute Gasteiger partial charge is 0.497 e. The van der Waals surface area contributed by atoms with Gasteiger partial charge in [0, 0.05) is 54.8 Å². The minimum atomic E-state index is -4.07. The molecule has 2 aromatic heterocycles. The maximum Gasteiger partial charge on any atom is 0.304 e. The normalized spacial score (nSPS) is 17.6. The number of ether oxygens (including phenoxy) is 2. The fourth-order valence-corrected chi connectivity index (χ4v) is 10.1. The summed E-state index contributed by atoms with van der Waals surface area (Å²) in [6.07, 6.45) is 9.40. The molecule has 2 amide bonds. The first-order chi connectivity index (χ1) is 27.5. The van der Waals surface area contributed by atoms with Crippen LogP contribution in [0, 0.1) is 5.92 Å². The van der Waals surface area contributed by atoms with Crippen LogP contribution in [0.1, 0.15) is 103 Å². The summed E-state index contributed by atoms with van der Waals surface area (Å²) < 4.78 is 45.2. The summed E-state index contributed by atoms with van der Waals surface area (Å²) in [7, 11) is -0.537. The number of fused-ring (bicyclic) bond motifs is 5. The van der Waals surface area contributed by atoms with Crippen molar-refractivity contribution in [3.05, 3.63) is 70.5 Å². The van der Waals surface area contributed by atoms with Crippen LogP contribution in [0.4, 0.5) is 0 Å². The average molecular weight is 800 g/mol. The molecule has 14 heteroatoms. The van der Waals surface area contributed by atoms with E-state index in [0.717, 1.165) is 83.5 Å². The highest BCUT2D eigenvalue weighted by Gasteiger charge is 2.34. The van der Waals surface area contributed by atoms with Gasteiger partial charge in [-0.25, -0.2) is 4.72 Å². The van der Waals surface area contributed by atoms with Crippen LogP contribution in [0.25, 0.3) is 33.8 Å². The predicted molar refractivity (Wildman–Crippen MR) is 223 cm³/mol. The van der Waals surface area contributed by atoms with Crippen molar-refractivity contribution in [2.24, 2.45) is 13.0 Å². The smallest absolute Gasteiger partial charge is 0.304 e. The van der Waals surface area contributed by atoms with Crippen LogP contribution < -0.4 is 14.8 Å². The first-order valence-electron chi connectivity index (χ1n) is 20.5. The van der Waals surface area contributed by atoms with Gasteiger partial charge in [0.2, 0.25) is 0 Å². The molecule has 2 fully saturated rings. The Bertz CT molecular complexity index is 2270. The predicted octanol–water partition coefficient (Wildman–Crippen LogP) is 6.06. The average Bonchev–Trinajstić information content (AvgIpc) is 3.71. The Morgan fingerprint density at radius 1 is 1.04 bits per heavy atom. The van der Waals surface area contributed by atoms with Gasteiger partial charge in [0.25, 0.3) is 11.8 Å². The molecule has 1 saturated heterocycles. The van der Waals surface area contributed by atoms with Gasteiger partial charge in [0.1, 0.15) is 5.75 Å². The fraction of sp³-hybridized carbons (Fsp3) is 0.512. The van der Waals surface area contributed by atoms with Crippen molar-refractivity contribution in [2.75, 3.05) is 53.0 Å². The Kier molecular flexibility index (Phi) is 12.2. The van der Waals surface area contributed by atoms with E-state index in [1.165, 1.54) is 16.3 Å². The number of morpholine rings is 1. The lowest BCUT2D eigenvalue weighted by Gasteiger charge is -2.32. The van der Waals surface area contributed by atoms with Crippen molar-refractivity contribution in [3.63, 3.8) is 0 Å². The van der Waals surface area contributed by atoms with Gasteiger partial charge in [-0.1, -0.05) is 39.2 Å². The van der Waals surface area contributed by atoms with E-state index in [1.54, 1.807) is 24.1 Å². The van der Waals surface area contributed by atoms with Crippen molar-refractivity contribution >= 4 is 44.6 Å². The number of allylic oxidation sites excluding steroid dienone is 1. The lowest BCUT2D eigenvalue weighted by molar-refractivity contribution is 0.0651. The van der Waals surface area contributed by atoms with Gasteiger partial charge < -0.3 is 24.3 Å². The monoisotopic (exact) mass is 799 g/mol. The Morgan fingerprint density at radius 3 is 2.49 bits per heavy atom. The van der Waals surface area contributed by atoms with Crippen LogP contribution in [0.2, 0.25) is 0 Å². The standard InChI is InChI=1S/C43H57N7O6S/c1-7-44-25-28(3)29(4)49(8-2)43(52)37-26-45-47(5)40(37)33-22-32-23-34(55-6)15-17-35(32)41-39(30-12-10-9-11-13-30)36-16-14-31(24-38(36)50(41)27-33)42(51)46-57(53,54)48-18-20-56-21-19-48/h14-17,22-24,26,28-30,44H,7-13,18-21,25,27H2,1-6H3,(H,46,51)/t28-,29-/m0/s1. The van der Waals surface area contributed by atoms with Crippen LogP contribution in [0.3, 0.4) is 0 Å². The number of aryl methyl sites for hydroxylation is 1. The number of hydrogen-bond acceptors (Lipinski definition) is 8. The Morgan fingerprint density at radius 2 is 1.79 bits per heavy atom. The van der Waals surface area contributed by atoms with Crippen LogP contribution >= 0.6 is 0 Å².